The van der Waals surface area contributed by atoms with E-state index in [1.807, 2.05) is 36.7 Å². The molecule has 53 heavy (non-hydrogen) atoms. The molecule has 4 aliphatic rings. The Morgan fingerprint density at radius 2 is 1.30 bits per heavy atom. The quantitative estimate of drug-likeness (QED) is 0.185. The van der Waals surface area contributed by atoms with E-state index in [-0.39, 0.29) is 16.9 Å². The van der Waals surface area contributed by atoms with Gasteiger partial charge in [0.15, 0.2) is 5.78 Å². The molecule has 8 rings (SSSR count). The topological polar surface area (TPSA) is 173 Å². The zero-order valence-electron chi connectivity index (χ0n) is 29.6. The maximum absolute atomic E-state index is 11.8. The third kappa shape index (κ3) is 10.3. The molecular formula is C36H44Cl2N10O5. The summed E-state index contributed by atoms with van der Waals surface area (Å²) in [5.41, 5.74) is 2.47. The average molecular weight is 768 g/mol. The number of nitrogens with zero attached hydrogens (tertiary/aromatic N) is 5. The standard InChI is InChI=1S/C18H22ClN5O2.C15H18ClN5O.C3H4O2/c1-12-9-23(15-10-26-11-15)4-5-24(12)14-2-3-17(20-8-14)22-16-6-13(19)7-21-18(16)25;1-10-7-17-4-5-21(10)12-2-3-14(18-9-12)20-13-6-11(16)8-19-15(13)22;4-3-1-5-2-3/h2-3,6-8,12,15H,4-5,9-11H2,1H3,(H,20,22)(H,21,25);2-3,6,8-10,17H,4-5,7H2,1H3,(H,18,20)(H,19,22);1-2H2/t12-;10-;/m00./s1. The number of aromatic amines is 2. The summed E-state index contributed by atoms with van der Waals surface area (Å²) < 4.78 is 9.79. The van der Waals surface area contributed by atoms with Crippen molar-refractivity contribution in [3.8, 4) is 0 Å². The lowest BCUT2D eigenvalue weighted by atomic mass is 10.1. The molecule has 5 N–H and O–H groups in total. The zero-order valence-corrected chi connectivity index (χ0v) is 31.1. The van der Waals surface area contributed by atoms with Crippen LogP contribution in [0, 0.1) is 0 Å². The van der Waals surface area contributed by atoms with Gasteiger partial charge in [0.05, 0.1) is 53.1 Å². The van der Waals surface area contributed by atoms with Crippen molar-refractivity contribution >= 4 is 63.4 Å². The zero-order chi connectivity index (χ0) is 37.3. The van der Waals surface area contributed by atoms with Gasteiger partial charge >= 0.3 is 0 Å². The van der Waals surface area contributed by atoms with E-state index in [1.54, 1.807) is 12.1 Å². The van der Waals surface area contributed by atoms with Gasteiger partial charge in [0, 0.05) is 63.7 Å². The van der Waals surface area contributed by atoms with Crippen LogP contribution in [0.5, 0.6) is 0 Å². The molecule has 0 aliphatic carbocycles. The van der Waals surface area contributed by atoms with Crippen LogP contribution >= 0.6 is 23.2 Å². The fraction of sp³-hybridized carbons (Fsp3) is 0.417. The van der Waals surface area contributed by atoms with Gasteiger partial charge in [0.25, 0.3) is 11.1 Å². The number of pyridine rings is 4. The number of H-pyrrole nitrogens is 2. The number of hydrogen-bond donors (Lipinski definition) is 5. The van der Waals surface area contributed by atoms with Gasteiger partial charge in [-0.05, 0) is 50.2 Å². The van der Waals surface area contributed by atoms with E-state index in [0.29, 0.717) is 64.4 Å². The second-order valence-corrected chi connectivity index (χ2v) is 14.1. The predicted octanol–water partition coefficient (Wildman–Crippen LogP) is 3.63. The summed E-state index contributed by atoms with van der Waals surface area (Å²) in [6.45, 7) is 12.8. The van der Waals surface area contributed by atoms with Crippen molar-refractivity contribution in [1.82, 2.24) is 30.2 Å². The summed E-state index contributed by atoms with van der Waals surface area (Å²) >= 11 is 11.8. The Bertz CT molecular complexity index is 1930. The molecule has 4 saturated heterocycles. The van der Waals surface area contributed by atoms with E-state index in [9.17, 15) is 14.4 Å². The Hall–Kier alpha value is -4.51. The number of anilines is 6. The highest BCUT2D eigenvalue weighted by molar-refractivity contribution is 6.31. The average Bonchev–Trinajstić information content (AvgIpc) is 3.12. The number of carbonyl (C=O) groups is 1. The summed E-state index contributed by atoms with van der Waals surface area (Å²) in [4.78, 5) is 54.5. The molecule has 4 fully saturated rings. The Morgan fingerprint density at radius 1 is 0.755 bits per heavy atom. The second-order valence-electron chi connectivity index (χ2n) is 13.2. The molecule has 8 heterocycles. The van der Waals surface area contributed by atoms with Crippen LogP contribution in [0.2, 0.25) is 10.0 Å². The lowest BCUT2D eigenvalue weighted by molar-refractivity contribution is -0.140. The Kier molecular flexibility index (Phi) is 13.0. The number of piperazine rings is 2. The fourth-order valence-corrected chi connectivity index (χ4v) is 6.51. The number of aromatic nitrogens is 4. The van der Waals surface area contributed by atoms with Gasteiger partial charge in [-0.25, -0.2) is 9.97 Å². The number of Topliss-reactive ketones (excluding diaryl/α,β-unsaturated/α-hetero) is 1. The molecule has 4 aromatic rings. The van der Waals surface area contributed by atoms with Crippen LogP contribution in [0.4, 0.5) is 34.4 Å². The number of hydrogen-bond acceptors (Lipinski definition) is 13. The number of nitrogens with one attached hydrogen (secondary N) is 5. The number of ketones is 1. The molecule has 4 aliphatic heterocycles. The van der Waals surface area contributed by atoms with Crippen molar-refractivity contribution < 1.29 is 14.3 Å². The molecular weight excluding hydrogens is 723 g/mol. The van der Waals surface area contributed by atoms with E-state index >= 15 is 0 Å². The first-order chi connectivity index (χ1) is 25.6. The van der Waals surface area contributed by atoms with E-state index < -0.39 is 0 Å². The van der Waals surface area contributed by atoms with Gasteiger partial charge in [-0.3, -0.25) is 19.3 Å². The first kappa shape index (κ1) is 38.2. The third-order valence-corrected chi connectivity index (χ3v) is 9.68. The minimum Gasteiger partial charge on any atom is -0.378 e. The van der Waals surface area contributed by atoms with Crippen molar-refractivity contribution in [2.75, 3.05) is 86.1 Å². The molecule has 0 bridgehead atoms. The highest BCUT2D eigenvalue weighted by Gasteiger charge is 2.32. The molecule has 0 unspecified atom stereocenters. The van der Waals surface area contributed by atoms with Gasteiger partial charge in [0.1, 0.15) is 36.2 Å². The van der Waals surface area contributed by atoms with Crippen LogP contribution < -0.4 is 36.9 Å². The van der Waals surface area contributed by atoms with Gasteiger partial charge in [-0.1, -0.05) is 23.2 Å². The van der Waals surface area contributed by atoms with E-state index in [1.165, 1.54) is 12.4 Å². The SMILES string of the molecule is C[C@H]1CN(C2COC2)CCN1c1ccc(Nc2cc(Cl)c[nH]c2=O)nc1.C[C@H]1CNCCN1c1ccc(Nc2cc(Cl)c[nH]c2=O)nc1.O=C1COC1. The molecule has 0 aromatic carbocycles. The fourth-order valence-electron chi connectivity index (χ4n) is 6.18. The molecule has 2 atom stereocenters. The predicted molar refractivity (Wildman–Crippen MR) is 208 cm³/mol. The van der Waals surface area contributed by atoms with Gasteiger partial charge in [0.2, 0.25) is 0 Å². The van der Waals surface area contributed by atoms with Gasteiger partial charge < -0.3 is 45.2 Å². The highest BCUT2D eigenvalue weighted by atomic mass is 35.5. The monoisotopic (exact) mass is 766 g/mol. The number of carbonyl (C=O) groups excluding carboxylic acids is 1. The number of ether oxygens (including phenoxy) is 2. The number of halogens is 2. The smallest absolute Gasteiger partial charge is 0.271 e. The van der Waals surface area contributed by atoms with Gasteiger partial charge in [-0.15, -0.1) is 0 Å². The van der Waals surface area contributed by atoms with Crippen LogP contribution in [0.3, 0.4) is 0 Å². The lowest BCUT2D eigenvalue weighted by Gasteiger charge is -2.46. The van der Waals surface area contributed by atoms with Crippen LogP contribution in [-0.2, 0) is 14.3 Å². The number of rotatable bonds is 7. The first-order valence-corrected chi connectivity index (χ1v) is 18.3. The Balaban J connectivity index is 0.000000162. The maximum atomic E-state index is 11.8. The van der Waals surface area contributed by atoms with Crippen LogP contribution in [0.1, 0.15) is 13.8 Å². The van der Waals surface area contributed by atoms with Crippen molar-refractivity contribution in [2.24, 2.45) is 0 Å². The molecule has 282 valence electrons. The maximum Gasteiger partial charge on any atom is 0.271 e. The molecule has 0 spiro atoms. The molecule has 17 heteroatoms. The minimum absolute atomic E-state index is 0.213. The van der Waals surface area contributed by atoms with Crippen molar-refractivity contribution in [3.63, 3.8) is 0 Å². The molecule has 15 nitrogen and oxygen atoms in total. The first-order valence-electron chi connectivity index (χ1n) is 17.5. The summed E-state index contributed by atoms with van der Waals surface area (Å²) in [5, 5.41) is 10.3. The van der Waals surface area contributed by atoms with Crippen molar-refractivity contribution in [1.29, 1.82) is 0 Å². The third-order valence-electron chi connectivity index (χ3n) is 9.24. The van der Waals surface area contributed by atoms with Crippen LogP contribution in [0.25, 0.3) is 0 Å². The summed E-state index contributed by atoms with van der Waals surface area (Å²) in [6, 6.07) is 12.4. The molecule has 0 amide bonds. The Labute approximate surface area is 317 Å². The van der Waals surface area contributed by atoms with E-state index in [0.717, 1.165) is 63.9 Å². The van der Waals surface area contributed by atoms with Crippen molar-refractivity contribution in [3.05, 3.63) is 91.9 Å². The summed E-state index contributed by atoms with van der Waals surface area (Å²) in [7, 11) is 0. The molecule has 4 aromatic heterocycles. The highest BCUT2D eigenvalue weighted by Crippen LogP contribution is 2.25. The van der Waals surface area contributed by atoms with Crippen molar-refractivity contribution in [2.45, 2.75) is 32.0 Å². The second kappa shape index (κ2) is 18.0. The van der Waals surface area contributed by atoms with E-state index in [4.69, 9.17) is 27.9 Å². The normalized spacial score (nSPS) is 20.2. The largest absolute Gasteiger partial charge is 0.378 e. The Morgan fingerprint density at radius 3 is 1.72 bits per heavy atom. The summed E-state index contributed by atoms with van der Waals surface area (Å²) in [6.07, 6.45) is 6.59. The molecule has 0 radical (unpaired) electrons. The van der Waals surface area contributed by atoms with E-state index in [2.05, 4.69) is 69.2 Å². The minimum atomic E-state index is -0.231. The van der Waals surface area contributed by atoms with Crippen LogP contribution in [-0.4, -0.2) is 114 Å². The van der Waals surface area contributed by atoms with Gasteiger partial charge in [-0.2, -0.15) is 0 Å². The lowest BCUT2D eigenvalue weighted by Crippen LogP contribution is -2.59. The van der Waals surface area contributed by atoms with Crippen LogP contribution in [0.15, 0.2) is 70.8 Å². The summed E-state index contributed by atoms with van der Waals surface area (Å²) in [5.74, 6) is 1.43. The molecule has 0 saturated carbocycles.